The van der Waals surface area contributed by atoms with E-state index in [1.165, 1.54) is 13.0 Å². The van der Waals surface area contributed by atoms with Gasteiger partial charge in [0.15, 0.2) is 0 Å². The SMILES string of the molecule is CCC[NH+]1CCC(=O)CC1. The summed E-state index contributed by atoms with van der Waals surface area (Å²) in [5, 5.41) is 0. The molecule has 0 amide bonds. The Morgan fingerprint density at radius 3 is 2.50 bits per heavy atom. The third-order valence-electron chi connectivity index (χ3n) is 2.12. The molecule has 0 bridgehead atoms. The Bertz CT molecular complexity index is 112. The first-order valence-electron chi connectivity index (χ1n) is 4.18. The van der Waals surface area contributed by atoms with Crippen molar-refractivity contribution in [1.82, 2.24) is 0 Å². The van der Waals surface area contributed by atoms with Crippen LogP contribution in [0.1, 0.15) is 26.2 Å². The van der Waals surface area contributed by atoms with E-state index in [4.69, 9.17) is 0 Å². The number of ketones is 1. The van der Waals surface area contributed by atoms with Crippen molar-refractivity contribution in [1.29, 1.82) is 0 Å². The van der Waals surface area contributed by atoms with Gasteiger partial charge in [-0.15, -0.1) is 0 Å². The van der Waals surface area contributed by atoms with Gasteiger partial charge in [-0.2, -0.15) is 0 Å². The van der Waals surface area contributed by atoms with E-state index in [9.17, 15) is 4.79 Å². The fraction of sp³-hybridized carbons (Fsp3) is 0.875. The lowest BCUT2D eigenvalue weighted by Crippen LogP contribution is -3.13. The number of quaternary nitrogens is 1. The molecule has 0 aromatic carbocycles. The summed E-state index contributed by atoms with van der Waals surface area (Å²) in [5.74, 6) is 0.458. The first kappa shape index (κ1) is 7.73. The minimum atomic E-state index is 0.458. The van der Waals surface area contributed by atoms with Crippen LogP contribution in [-0.4, -0.2) is 25.4 Å². The minimum absolute atomic E-state index is 0.458. The van der Waals surface area contributed by atoms with E-state index in [-0.39, 0.29) is 0 Å². The lowest BCUT2D eigenvalue weighted by molar-refractivity contribution is -0.901. The Morgan fingerprint density at radius 2 is 2.00 bits per heavy atom. The molecule has 0 saturated carbocycles. The Hall–Kier alpha value is -0.370. The summed E-state index contributed by atoms with van der Waals surface area (Å²) >= 11 is 0. The second kappa shape index (κ2) is 3.71. The van der Waals surface area contributed by atoms with Crippen molar-refractivity contribution in [3.05, 3.63) is 0 Å². The van der Waals surface area contributed by atoms with E-state index in [1.54, 1.807) is 4.90 Å². The van der Waals surface area contributed by atoms with Crippen molar-refractivity contribution < 1.29 is 9.69 Å². The van der Waals surface area contributed by atoms with Gasteiger partial charge in [-0.3, -0.25) is 4.79 Å². The molecule has 0 unspecified atom stereocenters. The lowest BCUT2D eigenvalue weighted by atomic mass is 10.1. The third-order valence-corrected chi connectivity index (χ3v) is 2.12. The second-order valence-electron chi connectivity index (χ2n) is 3.04. The van der Waals surface area contributed by atoms with Gasteiger partial charge >= 0.3 is 0 Å². The van der Waals surface area contributed by atoms with Crippen molar-refractivity contribution in [2.75, 3.05) is 19.6 Å². The average molecular weight is 142 g/mol. The first-order valence-corrected chi connectivity index (χ1v) is 4.18. The maximum atomic E-state index is 10.8. The topological polar surface area (TPSA) is 21.5 Å². The summed E-state index contributed by atoms with van der Waals surface area (Å²) in [6, 6.07) is 0. The summed E-state index contributed by atoms with van der Waals surface area (Å²) in [6.45, 7) is 5.59. The van der Waals surface area contributed by atoms with Crippen LogP contribution in [0.25, 0.3) is 0 Å². The van der Waals surface area contributed by atoms with Crippen LogP contribution in [0.3, 0.4) is 0 Å². The molecule has 1 N–H and O–H groups in total. The zero-order valence-corrected chi connectivity index (χ0v) is 6.65. The molecular weight excluding hydrogens is 126 g/mol. The lowest BCUT2D eigenvalue weighted by Gasteiger charge is -2.21. The van der Waals surface area contributed by atoms with Gasteiger partial charge in [-0.1, -0.05) is 6.92 Å². The summed E-state index contributed by atoms with van der Waals surface area (Å²) in [5.41, 5.74) is 0. The average Bonchev–Trinajstić information content (AvgIpc) is 1.95. The van der Waals surface area contributed by atoms with Gasteiger partial charge in [0.1, 0.15) is 5.78 Å². The fourth-order valence-corrected chi connectivity index (χ4v) is 1.49. The maximum Gasteiger partial charge on any atom is 0.144 e. The van der Waals surface area contributed by atoms with Crippen LogP contribution in [-0.2, 0) is 4.79 Å². The third kappa shape index (κ3) is 2.10. The molecule has 0 atom stereocenters. The molecule has 0 spiro atoms. The van der Waals surface area contributed by atoms with Gasteiger partial charge in [0.05, 0.1) is 32.5 Å². The van der Waals surface area contributed by atoms with E-state index in [0.29, 0.717) is 5.78 Å². The van der Waals surface area contributed by atoms with Gasteiger partial charge in [0, 0.05) is 0 Å². The van der Waals surface area contributed by atoms with Crippen LogP contribution < -0.4 is 4.90 Å². The predicted octanol–water partition coefficient (Wildman–Crippen LogP) is -0.356. The van der Waals surface area contributed by atoms with Crippen molar-refractivity contribution in [2.45, 2.75) is 26.2 Å². The van der Waals surface area contributed by atoms with Crippen LogP contribution >= 0.6 is 0 Å². The fourth-order valence-electron chi connectivity index (χ4n) is 1.49. The zero-order valence-electron chi connectivity index (χ0n) is 6.65. The normalized spacial score (nSPS) is 21.5. The monoisotopic (exact) mass is 142 g/mol. The Balaban J connectivity index is 2.19. The number of carbonyl (C=O) groups is 1. The number of rotatable bonds is 2. The first-order chi connectivity index (χ1) is 4.83. The molecule has 1 aliphatic heterocycles. The quantitative estimate of drug-likeness (QED) is 0.559. The minimum Gasteiger partial charge on any atom is -0.334 e. The summed E-state index contributed by atoms with van der Waals surface area (Å²) in [4.78, 5) is 12.4. The van der Waals surface area contributed by atoms with E-state index in [2.05, 4.69) is 6.92 Å². The highest BCUT2D eigenvalue weighted by molar-refractivity contribution is 5.78. The highest BCUT2D eigenvalue weighted by atomic mass is 16.1. The number of Topliss-reactive ketones (excluding diaryl/α,β-unsaturated/α-hetero) is 1. The number of likely N-dealkylation sites (tertiary alicyclic amines) is 1. The predicted molar refractivity (Wildman–Crippen MR) is 40.1 cm³/mol. The number of hydrogen-bond acceptors (Lipinski definition) is 1. The molecule has 0 aromatic heterocycles. The van der Waals surface area contributed by atoms with Crippen molar-refractivity contribution >= 4 is 5.78 Å². The standard InChI is InChI=1S/C8H15NO/c1-2-5-9-6-3-8(10)4-7-9/h2-7H2,1H3/p+1. The van der Waals surface area contributed by atoms with E-state index in [1.807, 2.05) is 0 Å². The van der Waals surface area contributed by atoms with Crippen molar-refractivity contribution in [3.63, 3.8) is 0 Å². The molecule has 1 aliphatic rings. The molecular formula is C8H16NO+. The molecule has 1 saturated heterocycles. The Labute approximate surface area is 62.2 Å². The molecule has 2 heteroatoms. The van der Waals surface area contributed by atoms with E-state index < -0.39 is 0 Å². The van der Waals surface area contributed by atoms with Gasteiger partial charge in [0.2, 0.25) is 0 Å². The summed E-state index contributed by atoms with van der Waals surface area (Å²) in [7, 11) is 0. The van der Waals surface area contributed by atoms with Gasteiger partial charge in [-0.05, 0) is 6.42 Å². The van der Waals surface area contributed by atoms with Gasteiger partial charge in [0.25, 0.3) is 0 Å². The molecule has 2 nitrogen and oxygen atoms in total. The van der Waals surface area contributed by atoms with Crippen molar-refractivity contribution in [2.24, 2.45) is 0 Å². The smallest absolute Gasteiger partial charge is 0.144 e. The highest BCUT2D eigenvalue weighted by Crippen LogP contribution is 1.89. The molecule has 10 heavy (non-hydrogen) atoms. The molecule has 0 radical (unpaired) electrons. The Kier molecular flexibility index (Phi) is 2.87. The molecule has 1 fully saturated rings. The van der Waals surface area contributed by atoms with Crippen LogP contribution in [0.2, 0.25) is 0 Å². The molecule has 1 heterocycles. The summed E-state index contributed by atoms with van der Waals surface area (Å²) < 4.78 is 0. The van der Waals surface area contributed by atoms with Crippen molar-refractivity contribution in [3.8, 4) is 0 Å². The van der Waals surface area contributed by atoms with Crippen LogP contribution in [0.4, 0.5) is 0 Å². The molecule has 0 aromatic rings. The van der Waals surface area contributed by atoms with Crippen LogP contribution in [0.15, 0.2) is 0 Å². The maximum absolute atomic E-state index is 10.8. The summed E-state index contributed by atoms with van der Waals surface area (Å²) in [6.07, 6.45) is 2.87. The number of carbonyl (C=O) groups excluding carboxylic acids is 1. The second-order valence-corrected chi connectivity index (χ2v) is 3.04. The van der Waals surface area contributed by atoms with Crippen LogP contribution in [0.5, 0.6) is 0 Å². The Morgan fingerprint density at radius 1 is 1.40 bits per heavy atom. The molecule has 0 aliphatic carbocycles. The number of piperidine rings is 1. The van der Waals surface area contributed by atoms with Gasteiger partial charge in [-0.25, -0.2) is 0 Å². The number of hydrogen-bond donors (Lipinski definition) is 1. The highest BCUT2D eigenvalue weighted by Gasteiger charge is 2.17. The zero-order chi connectivity index (χ0) is 7.40. The van der Waals surface area contributed by atoms with E-state index >= 15 is 0 Å². The molecule has 1 rings (SSSR count). The van der Waals surface area contributed by atoms with E-state index in [0.717, 1.165) is 25.9 Å². The van der Waals surface area contributed by atoms with Crippen LogP contribution in [0, 0.1) is 0 Å². The largest absolute Gasteiger partial charge is 0.334 e. The number of nitrogens with one attached hydrogen (secondary N) is 1. The van der Waals surface area contributed by atoms with Gasteiger partial charge < -0.3 is 4.90 Å². The molecule has 58 valence electrons.